The summed E-state index contributed by atoms with van der Waals surface area (Å²) in [5.41, 5.74) is 1.98. The van der Waals surface area contributed by atoms with Crippen molar-refractivity contribution in [1.29, 1.82) is 0 Å². The van der Waals surface area contributed by atoms with Gasteiger partial charge >= 0.3 is 0 Å². The maximum atomic E-state index is 9.79. The van der Waals surface area contributed by atoms with Crippen molar-refractivity contribution in [1.82, 2.24) is 4.98 Å². The second kappa shape index (κ2) is 3.82. The highest BCUT2D eigenvalue weighted by Gasteiger charge is 2.30. The summed E-state index contributed by atoms with van der Waals surface area (Å²) < 4.78 is 1.20. The first kappa shape index (κ1) is 11.6. The second-order valence-corrected chi connectivity index (χ2v) is 5.87. The molecule has 0 aliphatic rings. The molecule has 16 heavy (non-hydrogen) atoms. The quantitative estimate of drug-likeness (QED) is 0.866. The summed E-state index contributed by atoms with van der Waals surface area (Å²) >= 11 is 1.68. The van der Waals surface area contributed by atoms with Crippen molar-refractivity contribution in [2.75, 3.05) is 0 Å². The molecule has 1 unspecified atom stereocenters. The number of hydrogen-bond donors (Lipinski definition) is 1. The molecule has 0 aliphatic heterocycles. The number of aromatic nitrogens is 1. The summed E-state index contributed by atoms with van der Waals surface area (Å²) in [5.74, 6) is 0. The predicted octanol–water partition coefficient (Wildman–Crippen LogP) is 3.26. The van der Waals surface area contributed by atoms with Crippen LogP contribution in [0.3, 0.4) is 0 Å². The highest BCUT2D eigenvalue weighted by molar-refractivity contribution is 7.18. The molecule has 0 amide bonds. The van der Waals surface area contributed by atoms with Gasteiger partial charge < -0.3 is 5.11 Å². The number of fused-ring (bicyclic) bond motifs is 1. The Hall–Kier alpha value is -0.930. The lowest BCUT2D eigenvalue weighted by Crippen LogP contribution is -2.30. The van der Waals surface area contributed by atoms with Gasteiger partial charge in [0.15, 0.2) is 0 Å². The van der Waals surface area contributed by atoms with Crippen LogP contribution < -0.4 is 0 Å². The molecule has 2 rings (SSSR count). The van der Waals surface area contributed by atoms with E-state index in [4.69, 9.17) is 0 Å². The average molecular weight is 235 g/mol. The molecule has 1 N–H and O–H groups in total. The van der Waals surface area contributed by atoms with Crippen molar-refractivity contribution in [3.8, 4) is 0 Å². The molecular formula is C13H17NOS. The normalized spacial score (nSPS) is 14.3. The molecule has 1 aromatic heterocycles. The van der Waals surface area contributed by atoms with Crippen LogP contribution in [-0.2, 0) is 5.41 Å². The van der Waals surface area contributed by atoms with Crippen molar-refractivity contribution in [2.24, 2.45) is 0 Å². The molecule has 2 nitrogen and oxygen atoms in total. The fraction of sp³-hybridized carbons (Fsp3) is 0.462. The fourth-order valence-corrected chi connectivity index (χ4v) is 2.77. The highest BCUT2D eigenvalue weighted by atomic mass is 32.1. The molecule has 1 heterocycles. The van der Waals surface area contributed by atoms with Gasteiger partial charge in [-0.05, 0) is 25.5 Å². The smallest absolute Gasteiger partial charge is 0.102 e. The average Bonchev–Trinajstić information content (AvgIpc) is 2.63. The van der Waals surface area contributed by atoms with Gasteiger partial charge in [0.1, 0.15) is 5.01 Å². The minimum absolute atomic E-state index is 0.282. The highest BCUT2D eigenvalue weighted by Crippen LogP contribution is 2.34. The Kier molecular flexibility index (Phi) is 2.76. The third-order valence-electron chi connectivity index (χ3n) is 3.22. The number of thiazole rings is 1. The Bertz CT molecular complexity index is 514. The summed E-state index contributed by atoms with van der Waals surface area (Å²) in [6.45, 7) is 7.95. The predicted molar refractivity (Wildman–Crippen MR) is 69.1 cm³/mol. The first-order valence-electron chi connectivity index (χ1n) is 5.47. The Balaban J connectivity index is 2.60. The number of para-hydroxylation sites is 1. The second-order valence-electron chi connectivity index (χ2n) is 4.84. The SMILES string of the molecule is Cc1cccc2sc(C(C)(C)C(C)O)nc12. The number of nitrogens with zero attached hydrogens (tertiary/aromatic N) is 1. The molecule has 0 spiro atoms. The number of benzene rings is 1. The van der Waals surface area contributed by atoms with Crippen molar-refractivity contribution in [2.45, 2.75) is 39.2 Å². The van der Waals surface area contributed by atoms with Gasteiger partial charge in [0.25, 0.3) is 0 Å². The molecule has 0 saturated heterocycles. The van der Waals surface area contributed by atoms with Gasteiger partial charge in [-0.1, -0.05) is 26.0 Å². The van der Waals surface area contributed by atoms with Crippen LogP contribution in [0.5, 0.6) is 0 Å². The van der Waals surface area contributed by atoms with E-state index in [1.165, 1.54) is 10.3 Å². The van der Waals surface area contributed by atoms with Gasteiger partial charge in [0.2, 0.25) is 0 Å². The number of aryl methyl sites for hydroxylation is 1. The Morgan fingerprint density at radius 3 is 2.62 bits per heavy atom. The van der Waals surface area contributed by atoms with Crippen LogP contribution in [-0.4, -0.2) is 16.2 Å². The Morgan fingerprint density at radius 2 is 2.06 bits per heavy atom. The maximum absolute atomic E-state index is 9.79. The lowest BCUT2D eigenvalue weighted by Gasteiger charge is -2.25. The molecule has 1 atom stereocenters. The van der Waals surface area contributed by atoms with E-state index in [1.807, 2.05) is 20.8 Å². The molecular weight excluding hydrogens is 218 g/mol. The Morgan fingerprint density at radius 1 is 1.38 bits per heavy atom. The van der Waals surface area contributed by atoms with E-state index in [1.54, 1.807) is 11.3 Å². The Labute approximate surface area is 100.0 Å². The van der Waals surface area contributed by atoms with E-state index >= 15 is 0 Å². The molecule has 0 saturated carbocycles. The van der Waals surface area contributed by atoms with Crippen LogP contribution in [0.25, 0.3) is 10.2 Å². The zero-order valence-electron chi connectivity index (χ0n) is 10.1. The molecule has 3 heteroatoms. The topological polar surface area (TPSA) is 33.1 Å². The summed E-state index contributed by atoms with van der Waals surface area (Å²) in [6.07, 6.45) is -0.395. The largest absolute Gasteiger partial charge is 0.392 e. The summed E-state index contributed by atoms with van der Waals surface area (Å²) in [4.78, 5) is 4.66. The number of aliphatic hydroxyl groups excluding tert-OH is 1. The maximum Gasteiger partial charge on any atom is 0.102 e. The van der Waals surface area contributed by atoms with E-state index in [0.717, 1.165) is 10.5 Å². The van der Waals surface area contributed by atoms with Crippen LogP contribution in [0, 0.1) is 6.92 Å². The van der Waals surface area contributed by atoms with E-state index in [9.17, 15) is 5.11 Å². The van der Waals surface area contributed by atoms with Crippen LogP contribution in [0.15, 0.2) is 18.2 Å². The van der Waals surface area contributed by atoms with E-state index in [0.29, 0.717) is 0 Å². The summed E-state index contributed by atoms with van der Waals surface area (Å²) in [7, 11) is 0. The van der Waals surface area contributed by atoms with Crippen LogP contribution in [0.2, 0.25) is 0 Å². The van der Waals surface area contributed by atoms with Gasteiger partial charge in [-0.2, -0.15) is 0 Å². The van der Waals surface area contributed by atoms with Crippen molar-refractivity contribution >= 4 is 21.6 Å². The third-order valence-corrected chi connectivity index (χ3v) is 4.58. The van der Waals surface area contributed by atoms with E-state index in [2.05, 4.69) is 30.1 Å². The first-order chi connectivity index (χ1) is 7.43. The van der Waals surface area contributed by atoms with Gasteiger partial charge in [-0.25, -0.2) is 4.98 Å². The van der Waals surface area contributed by atoms with Crippen molar-refractivity contribution < 1.29 is 5.11 Å². The van der Waals surface area contributed by atoms with Crippen LogP contribution >= 0.6 is 11.3 Å². The van der Waals surface area contributed by atoms with Gasteiger partial charge in [0, 0.05) is 5.41 Å². The zero-order chi connectivity index (χ0) is 11.9. The molecule has 2 aromatic rings. The van der Waals surface area contributed by atoms with Crippen LogP contribution in [0.1, 0.15) is 31.3 Å². The van der Waals surface area contributed by atoms with Crippen molar-refractivity contribution in [3.05, 3.63) is 28.8 Å². The monoisotopic (exact) mass is 235 g/mol. The lowest BCUT2D eigenvalue weighted by atomic mass is 9.88. The molecule has 0 bridgehead atoms. The standard InChI is InChI=1S/C13H17NOS/c1-8-6-5-7-10-11(8)14-12(16-10)13(3,4)9(2)15/h5-7,9,15H,1-4H3. The minimum atomic E-state index is -0.395. The third kappa shape index (κ3) is 1.74. The van der Waals surface area contributed by atoms with Gasteiger partial charge in [-0.3, -0.25) is 0 Å². The first-order valence-corrected chi connectivity index (χ1v) is 6.29. The zero-order valence-corrected chi connectivity index (χ0v) is 10.9. The molecule has 0 radical (unpaired) electrons. The van der Waals surface area contributed by atoms with E-state index in [-0.39, 0.29) is 5.41 Å². The van der Waals surface area contributed by atoms with Gasteiger partial charge in [-0.15, -0.1) is 11.3 Å². The van der Waals surface area contributed by atoms with Gasteiger partial charge in [0.05, 0.1) is 16.3 Å². The molecule has 0 aliphatic carbocycles. The lowest BCUT2D eigenvalue weighted by molar-refractivity contribution is 0.118. The molecule has 0 fully saturated rings. The molecule has 86 valence electrons. The summed E-state index contributed by atoms with van der Waals surface area (Å²) in [6, 6.07) is 6.21. The van der Waals surface area contributed by atoms with Crippen molar-refractivity contribution in [3.63, 3.8) is 0 Å². The van der Waals surface area contributed by atoms with E-state index < -0.39 is 6.10 Å². The molecule has 1 aromatic carbocycles. The van der Waals surface area contributed by atoms with Crippen LogP contribution in [0.4, 0.5) is 0 Å². The summed E-state index contributed by atoms with van der Waals surface area (Å²) in [5, 5.41) is 10.8. The minimum Gasteiger partial charge on any atom is -0.392 e. The number of aliphatic hydroxyl groups is 1. The fourth-order valence-electron chi connectivity index (χ4n) is 1.54. The number of hydrogen-bond acceptors (Lipinski definition) is 3. The number of rotatable bonds is 2.